The summed E-state index contributed by atoms with van der Waals surface area (Å²) in [7, 11) is 0. The Morgan fingerprint density at radius 1 is 1.07 bits per heavy atom. The van der Waals surface area contributed by atoms with Crippen molar-refractivity contribution in [1.82, 2.24) is 4.90 Å². The van der Waals surface area contributed by atoms with E-state index in [0.717, 1.165) is 37.6 Å². The van der Waals surface area contributed by atoms with Crippen LogP contribution < -0.4 is 15.0 Å². The number of nitrogens with zero attached hydrogens (tertiary/aromatic N) is 2. The first-order valence-electron chi connectivity index (χ1n) is 10.1. The second kappa shape index (κ2) is 9.49. The van der Waals surface area contributed by atoms with Gasteiger partial charge in [0, 0.05) is 50.5 Å². The molecule has 1 aliphatic heterocycles. The smallest absolute Gasteiger partial charge is 0.224 e. The predicted octanol–water partition coefficient (Wildman–Crippen LogP) is 3.93. The Balaban J connectivity index is 1.40. The van der Waals surface area contributed by atoms with Gasteiger partial charge in [0.1, 0.15) is 5.75 Å². The zero-order valence-electron chi connectivity index (χ0n) is 17.1. The Bertz CT molecular complexity index is 766. The van der Waals surface area contributed by atoms with Crippen molar-refractivity contribution in [3.63, 3.8) is 0 Å². The predicted molar refractivity (Wildman–Crippen MR) is 115 cm³/mol. The number of anilines is 2. The third kappa shape index (κ3) is 5.65. The summed E-state index contributed by atoms with van der Waals surface area (Å²) in [6, 6.07) is 16.4. The van der Waals surface area contributed by atoms with Crippen LogP contribution in [0.4, 0.5) is 11.4 Å². The van der Waals surface area contributed by atoms with Crippen LogP contribution in [0.15, 0.2) is 48.5 Å². The van der Waals surface area contributed by atoms with E-state index in [9.17, 15) is 4.79 Å². The molecule has 0 unspecified atom stereocenters. The lowest BCUT2D eigenvalue weighted by Gasteiger charge is -2.36. The van der Waals surface area contributed by atoms with Gasteiger partial charge in [-0.15, -0.1) is 0 Å². The maximum absolute atomic E-state index is 12.5. The third-order valence-corrected chi connectivity index (χ3v) is 4.89. The molecule has 0 aromatic heterocycles. The van der Waals surface area contributed by atoms with Crippen LogP contribution in [0.1, 0.15) is 25.8 Å². The Hall–Kier alpha value is -2.69. The van der Waals surface area contributed by atoms with Crippen molar-refractivity contribution in [3.8, 4) is 5.75 Å². The molecule has 0 bridgehead atoms. The van der Waals surface area contributed by atoms with Crippen LogP contribution in [0.5, 0.6) is 5.75 Å². The number of carbonyl (C=O) groups is 1. The van der Waals surface area contributed by atoms with Crippen molar-refractivity contribution in [1.29, 1.82) is 0 Å². The summed E-state index contributed by atoms with van der Waals surface area (Å²) in [4.78, 5) is 16.8. The average molecular weight is 382 g/mol. The largest absolute Gasteiger partial charge is 0.491 e. The molecule has 1 saturated heterocycles. The molecule has 1 fully saturated rings. The Kier molecular flexibility index (Phi) is 6.80. The van der Waals surface area contributed by atoms with Gasteiger partial charge in [0.05, 0.1) is 6.10 Å². The van der Waals surface area contributed by atoms with E-state index in [1.807, 2.05) is 43.0 Å². The molecular weight excluding hydrogens is 350 g/mol. The van der Waals surface area contributed by atoms with Gasteiger partial charge in [-0.1, -0.05) is 12.1 Å². The van der Waals surface area contributed by atoms with E-state index in [1.165, 1.54) is 11.3 Å². The third-order valence-electron chi connectivity index (χ3n) is 4.89. The minimum Gasteiger partial charge on any atom is -0.491 e. The lowest BCUT2D eigenvalue weighted by atomic mass is 10.2. The molecule has 150 valence electrons. The first kappa shape index (κ1) is 20.1. The summed E-state index contributed by atoms with van der Waals surface area (Å²) in [5.74, 6) is 1.08. The fourth-order valence-corrected chi connectivity index (χ4v) is 3.43. The van der Waals surface area contributed by atoms with E-state index in [-0.39, 0.29) is 12.0 Å². The zero-order chi connectivity index (χ0) is 19.9. The number of benzene rings is 2. The molecule has 2 aromatic carbocycles. The highest BCUT2D eigenvalue weighted by Crippen LogP contribution is 2.19. The Morgan fingerprint density at radius 3 is 2.43 bits per heavy atom. The minimum atomic E-state index is 0.169. The summed E-state index contributed by atoms with van der Waals surface area (Å²) >= 11 is 0. The molecule has 1 amide bonds. The molecule has 0 spiro atoms. The van der Waals surface area contributed by atoms with Gasteiger partial charge in [0.2, 0.25) is 5.91 Å². The standard InChI is InChI=1S/C23H31N3O2/c1-18(2)28-22-9-7-20(8-10-22)24-12-11-23(27)26-15-13-25(14-16-26)21-6-4-5-19(3)17-21/h4-10,17-18,24H,11-16H2,1-3H3. The van der Waals surface area contributed by atoms with Crippen molar-refractivity contribution in [2.24, 2.45) is 0 Å². The Morgan fingerprint density at radius 2 is 1.79 bits per heavy atom. The molecule has 5 heteroatoms. The molecule has 0 atom stereocenters. The second-order valence-corrected chi connectivity index (χ2v) is 7.57. The van der Waals surface area contributed by atoms with Crippen LogP contribution in [0.2, 0.25) is 0 Å². The zero-order valence-corrected chi connectivity index (χ0v) is 17.1. The Labute approximate surface area is 168 Å². The van der Waals surface area contributed by atoms with Gasteiger partial charge in [-0.3, -0.25) is 4.79 Å². The van der Waals surface area contributed by atoms with Crippen LogP contribution in [-0.2, 0) is 4.79 Å². The van der Waals surface area contributed by atoms with E-state index >= 15 is 0 Å². The fraction of sp³-hybridized carbons (Fsp3) is 0.435. The van der Waals surface area contributed by atoms with Gasteiger partial charge in [-0.2, -0.15) is 0 Å². The first-order valence-corrected chi connectivity index (χ1v) is 10.1. The van der Waals surface area contributed by atoms with Crippen LogP contribution in [0, 0.1) is 6.92 Å². The van der Waals surface area contributed by atoms with Crippen molar-refractivity contribution in [2.45, 2.75) is 33.3 Å². The molecule has 1 aliphatic rings. The summed E-state index contributed by atoms with van der Waals surface area (Å²) in [6.07, 6.45) is 0.678. The summed E-state index contributed by atoms with van der Waals surface area (Å²) in [5, 5.41) is 3.32. The van der Waals surface area contributed by atoms with Crippen LogP contribution >= 0.6 is 0 Å². The molecule has 28 heavy (non-hydrogen) atoms. The minimum absolute atomic E-state index is 0.169. The van der Waals surface area contributed by atoms with Crippen molar-refractivity contribution >= 4 is 17.3 Å². The molecule has 3 rings (SSSR count). The molecule has 0 radical (unpaired) electrons. The van der Waals surface area contributed by atoms with Crippen LogP contribution in [-0.4, -0.2) is 49.6 Å². The number of carbonyl (C=O) groups excluding carboxylic acids is 1. The number of ether oxygens (including phenoxy) is 1. The van der Waals surface area contributed by atoms with Gasteiger partial charge in [-0.05, 0) is 62.7 Å². The molecule has 5 nitrogen and oxygen atoms in total. The van der Waals surface area contributed by atoms with Gasteiger partial charge in [0.15, 0.2) is 0 Å². The van der Waals surface area contributed by atoms with Crippen LogP contribution in [0.25, 0.3) is 0 Å². The maximum Gasteiger partial charge on any atom is 0.224 e. The van der Waals surface area contributed by atoms with E-state index in [2.05, 4.69) is 41.4 Å². The van der Waals surface area contributed by atoms with Gasteiger partial charge in [0.25, 0.3) is 0 Å². The van der Waals surface area contributed by atoms with E-state index in [1.54, 1.807) is 0 Å². The SMILES string of the molecule is Cc1cccc(N2CCN(C(=O)CCNc3ccc(OC(C)C)cc3)CC2)c1. The number of hydrogen-bond acceptors (Lipinski definition) is 4. The summed E-state index contributed by atoms with van der Waals surface area (Å²) < 4.78 is 5.65. The van der Waals surface area contributed by atoms with Crippen molar-refractivity contribution in [3.05, 3.63) is 54.1 Å². The number of nitrogens with one attached hydrogen (secondary N) is 1. The highest BCUT2D eigenvalue weighted by Gasteiger charge is 2.20. The summed E-state index contributed by atoms with van der Waals surface area (Å²) in [5.41, 5.74) is 3.53. The topological polar surface area (TPSA) is 44.8 Å². The maximum atomic E-state index is 12.5. The number of piperazine rings is 1. The second-order valence-electron chi connectivity index (χ2n) is 7.57. The van der Waals surface area contributed by atoms with Crippen LogP contribution in [0.3, 0.4) is 0 Å². The number of amides is 1. The van der Waals surface area contributed by atoms with Crippen molar-refractivity contribution in [2.75, 3.05) is 42.9 Å². The molecule has 2 aromatic rings. The fourth-order valence-electron chi connectivity index (χ4n) is 3.43. The van der Waals surface area contributed by atoms with E-state index in [0.29, 0.717) is 13.0 Å². The van der Waals surface area contributed by atoms with Gasteiger partial charge >= 0.3 is 0 Å². The molecule has 0 saturated carbocycles. The van der Waals surface area contributed by atoms with Gasteiger partial charge < -0.3 is 19.9 Å². The number of aryl methyl sites for hydroxylation is 1. The lowest BCUT2D eigenvalue weighted by molar-refractivity contribution is -0.131. The normalized spacial score (nSPS) is 14.3. The van der Waals surface area contributed by atoms with E-state index in [4.69, 9.17) is 4.74 Å². The monoisotopic (exact) mass is 381 g/mol. The number of rotatable bonds is 7. The molecular formula is C23H31N3O2. The molecule has 0 aliphatic carbocycles. The quantitative estimate of drug-likeness (QED) is 0.789. The lowest BCUT2D eigenvalue weighted by Crippen LogP contribution is -2.49. The summed E-state index contributed by atoms with van der Waals surface area (Å²) in [6.45, 7) is 10.1. The van der Waals surface area contributed by atoms with Crippen molar-refractivity contribution < 1.29 is 9.53 Å². The molecule has 1 N–H and O–H groups in total. The van der Waals surface area contributed by atoms with E-state index < -0.39 is 0 Å². The average Bonchev–Trinajstić information content (AvgIpc) is 2.69. The first-order chi connectivity index (χ1) is 13.5. The molecule has 1 heterocycles. The highest BCUT2D eigenvalue weighted by molar-refractivity contribution is 5.77. The van der Waals surface area contributed by atoms with Gasteiger partial charge in [-0.25, -0.2) is 0 Å². The highest BCUT2D eigenvalue weighted by atomic mass is 16.5. The number of hydrogen-bond donors (Lipinski definition) is 1.